The van der Waals surface area contributed by atoms with Crippen molar-refractivity contribution in [2.24, 2.45) is 5.92 Å². The van der Waals surface area contributed by atoms with Crippen LogP contribution in [-0.4, -0.2) is 31.6 Å². The normalized spacial score (nSPS) is 19.8. The van der Waals surface area contributed by atoms with Gasteiger partial charge in [0, 0.05) is 12.1 Å². The third-order valence-electron chi connectivity index (χ3n) is 3.70. The molecule has 1 atom stereocenters. The topological polar surface area (TPSA) is 54.5 Å². The molecule has 0 saturated heterocycles. The summed E-state index contributed by atoms with van der Waals surface area (Å²) in [5, 5.41) is 0. The van der Waals surface area contributed by atoms with Crippen molar-refractivity contribution in [3.63, 3.8) is 0 Å². The predicted octanol–water partition coefficient (Wildman–Crippen LogP) is 2.54. The van der Waals surface area contributed by atoms with Crippen LogP contribution in [-0.2, 0) is 14.8 Å². The Balaban J connectivity index is 2.35. The summed E-state index contributed by atoms with van der Waals surface area (Å²) in [7, 11) is -3.57. The Labute approximate surface area is 126 Å². The van der Waals surface area contributed by atoms with E-state index in [0.29, 0.717) is 17.9 Å². The number of rotatable bonds is 5. The van der Waals surface area contributed by atoms with Crippen molar-refractivity contribution in [1.29, 1.82) is 0 Å². The zero-order valence-corrected chi connectivity index (χ0v) is 13.4. The van der Waals surface area contributed by atoms with Gasteiger partial charge in [0.1, 0.15) is 6.29 Å². The molecule has 0 saturated carbocycles. The van der Waals surface area contributed by atoms with Gasteiger partial charge in [-0.05, 0) is 31.4 Å². The van der Waals surface area contributed by atoms with Crippen LogP contribution in [0, 0.1) is 12.8 Å². The Morgan fingerprint density at radius 1 is 1.29 bits per heavy atom. The van der Waals surface area contributed by atoms with Crippen molar-refractivity contribution >= 4 is 16.3 Å². The second kappa shape index (κ2) is 6.12. The molecule has 2 rings (SSSR count). The van der Waals surface area contributed by atoms with Gasteiger partial charge in [0.25, 0.3) is 0 Å². The number of carbonyl (C=O) groups excluding carboxylic acids is 1. The summed E-state index contributed by atoms with van der Waals surface area (Å²) in [6.07, 6.45) is 3.14. The first-order valence-corrected chi connectivity index (χ1v) is 8.54. The molecular formula is C16H21NO3S. The minimum atomic E-state index is -3.57. The van der Waals surface area contributed by atoms with Crippen LogP contribution in [0.3, 0.4) is 0 Å². The van der Waals surface area contributed by atoms with Crippen molar-refractivity contribution < 1.29 is 13.2 Å². The maximum absolute atomic E-state index is 12.8. The van der Waals surface area contributed by atoms with Gasteiger partial charge in [-0.15, -0.1) is 0 Å². The van der Waals surface area contributed by atoms with E-state index in [1.807, 2.05) is 20.8 Å². The Morgan fingerprint density at radius 3 is 2.43 bits per heavy atom. The van der Waals surface area contributed by atoms with Gasteiger partial charge in [-0.3, -0.25) is 4.79 Å². The van der Waals surface area contributed by atoms with Gasteiger partial charge in [0.05, 0.1) is 10.9 Å². The SMILES string of the molecule is Cc1ccc(S(=O)(=O)N2CC=C(C=O)C2CC(C)C)cc1. The third kappa shape index (κ3) is 3.24. The number of carbonyl (C=O) groups is 1. The summed E-state index contributed by atoms with van der Waals surface area (Å²) in [6, 6.07) is 6.46. The molecule has 1 aliphatic heterocycles. The largest absolute Gasteiger partial charge is 0.298 e. The number of hydrogen-bond donors (Lipinski definition) is 0. The molecule has 21 heavy (non-hydrogen) atoms. The number of sulfonamides is 1. The average molecular weight is 307 g/mol. The molecule has 0 amide bonds. The quantitative estimate of drug-likeness (QED) is 0.786. The zero-order chi connectivity index (χ0) is 15.6. The van der Waals surface area contributed by atoms with Crippen LogP contribution in [0.1, 0.15) is 25.8 Å². The molecule has 1 aliphatic rings. The van der Waals surface area contributed by atoms with E-state index in [9.17, 15) is 13.2 Å². The molecule has 0 spiro atoms. The molecule has 0 aromatic heterocycles. The molecule has 114 valence electrons. The molecule has 1 unspecified atom stereocenters. The summed E-state index contributed by atoms with van der Waals surface area (Å²) in [5.41, 5.74) is 1.58. The van der Waals surface area contributed by atoms with E-state index in [-0.39, 0.29) is 17.5 Å². The number of nitrogens with zero attached hydrogens (tertiary/aromatic N) is 1. The van der Waals surface area contributed by atoms with Gasteiger partial charge in [0.15, 0.2) is 0 Å². The molecule has 4 nitrogen and oxygen atoms in total. The summed E-state index contributed by atoms with van der Waals surface area (Å²) in [5.74, 6) is 0.312. The van der Waals surface area contributed by atoms with Crippen molar-refractivity contribution in [2.75, 3.05) is 6.54 Å². The lowest BCUT2D eigenvalue weighted by Gasteiger charge is -2.26. The maximum Gasteiger partial charge on any atom is 0.243 e. The average Bonchev–Trinajstić information content (AvgIpc) is 2.82. The third-order valence-corrected chi connectivity index (χ3v) is 5.59. The fourth-order valence-corrected chi connectivity index (χ4v) is 4.13. The van der Waals surface area contributed by atoms with E-state index in [2.05, 4.69) is 0 Å². The summed E-state index contributed by atoms with van der Waals surface area (Å²) in [4.78, 5) is 11.4. The highest BCUT2D eigenvalue weighted by molar-refractivity contribution is 7.89. The van der Waals surface area contributed by atoms with Gasteiger partial charge in [-0.25, -0.2) is 8.42 Å². The molecule has 0 N–H and O–H groups in total. The number of aldehydes is 1. The first kappa shape index (κ1) is 15.9. The van der Waals surface area contributed by atoms with E-state index >= 15 is 0 Å². The van der Waals surface area contributed by atoms with Gasteiger partial charge in [-0.1, -0.05) is 37.6 Å². The predicted molar refractivity (Wildman–Crippen MR) is 82.5 cm³/mol. The van der Waals surface area contributed by atoms with Crippen LogP contribution in [0.5, 0.6) is 0 Å². The molecule has 0 fully saturated rings. The molecule has 1 aromatic rings. The second-order valence-corrected chi connectivity index (χ2v) is 7.75. The fourth-order valence-electron chi connectivity index (χ4n) is 2.56. The zero-order valence-electron chi connectivity index (χ0n) is 12.6. The van der Waals surface area contributed by atoms with Crippen molar-refractivity contribution in [3.8, 4) is 0 Å². The van der Waals surface area contributed by atoms with Crippen LogP contribution in [0.15, 0.2) is 40.8 Å². The monoisotopic (exact) mass is 307 g/mol. The number of aryl methyl sites for hydroxylation is 1. The fraction of sp³-hybridized carbons (Fsp3) is 0.438. The second-order valence-electron chi connectivity index (χ2n) is 5.86. The highest BCUT2D eigenvalue weighted by Gasteiger charge is 2.36. The Hall–Kier alpha value is -1.46. The summed E-state index contributed by atoms with van der Waals surface area (Å²) < 4.78 is 27.0. The van der Waals surface area contributed by atoms with Crippen LogP contribution in [0.4, 0.5) is 0 Å². The highest BCUT2D eigenvalue weighted by atomic mass is 32.2. The number of hydrogen-bond acceptors (Lipinski definition) is 3. The Kier molecular flexibility index (Phi) is 4.64. The van der Waals surface area contributed by atoms with Crippen molar-refractivity contribution in [2.45, 2.75) is 38.1 Å². The van der Waals surface area contributed by atoms with E-state index in [4.69, 9.17) is 0 Å². The molecular weight excluding hydrogens is 286 g/mol. The smallest absolute Gasteiger partial charge is 0.243 e. The van der Waals surface area contributed by atoms with E-state index in [1.165, 1.54) is 4.31 Å². The van der Waals surface area contributed by atoms with Crippen LogP contribution < -0.4 is 0 Å². The lowest BCUT2D eigenvalue weighted by molar-refractivity contribution is -0.105. The molecule has 1 aromatic carbocycles. The summed E-state index contributed by atoms with van der Waals surface area (Å²) >= 11 is 0. The van der Waals surface area contributed by atoms with Crippen LogP contribution in [0.2, 0.25) is 0 Å². The van der Waals surface area contributed by atoms with E-state index in [1.54, 1.807) is 30.3 Å². The maximum atomic E-state index is 12.8. The standard InChI is InChI=1S/C16H21NO3S/c1-12(2)10-16-14(11-18)8-9-17(16)21(19,20)15-6-4-13(3)5-7-15/h4-8,11-12,16H,9-10H2,1-3H3. The van der Waals surface area contributed by atoms with Crippen LogP contribution >= 0.6 is 0 Å². The van der Waals surface area contributed by atoms with Gasteiger partial charge in [-0.2, -0.15) is 4.31 Å². The lowest BCUT2D eigenvalue weighted by Crippen LogP contribution is -2.38. The molecule has 0 bridgehead atoms. The van der Waals surface area contributed by atoms with E-state index in [0.717, 1.165) is 11.8 Å². The molecule has 1 heterocycles. The highest BCUT2D eigenvalue weighted by Crippen LogP contribution is 2.29. The number of benzene rings is 1. The van der Waals surface area contributed by atoms with E-state index < -0.39 is 10.0 Å². The van der Waals surface area contributed by atoms with Crippen LogP contribution in [0.25, 0.3) is 0 Å². The van der Waals surface area contributed by atoms with Gasteiger partial charge < -0.3 is 0 Å². The van der Waals surface area contributed by atoms with Crippen molar-refractivity contribution in [3.05, 3.63) is 41.5 Å². The van der Waals surface area contributed by atoms with Crippen molar-refractivity contribution in [1.82, 2.24) is 4.31 Å². The van der Waals surface area contributed by atoms with Gasteiger partial charge in [0.2, 0.25) is 10.0 Å². The molecule has 5 heteroatoms. The molecule has 0 radical (unpaired) electrons. The first-order chi connectivity index (χ1) is 9.86. The molecule has 0 aliphatic carbocycles. The summed E-state index contributed by atoms with van der Waals surface area (Å²) in [6.45, 7) is 6.23. The lowest BCUT2D eigenvalue weighted by atomic mass is 10.00. The minimum absolute atomic E-state index is 0.266. The Morgan fingerprint density at radius 2 is 1.90 bits per heavy atom. The first-order valence-electron chi connectivity index (χ1n) is 7.10. The Bertz CT molecular complexity index is 645. The van der Waals surface area contributed by atoms with Gasteiger partial charge >= 0.3 is 0 Å². The minimum Gasteiger partial charge on any atom is -0.298 e.